The van der Waals surface area contributed by atoms with Crippen LogP contribution >= 0.6 is 15.9 Å². The van der Waals surface area contributed by atoms with E-state index >= 15 is 0 Å². The van der Waals surface area contributed by atoms with E-state index in [0.29, 0.717) is 0 Å². The maximum Gasteiger partial charge on any atom is 0.241 e. The van der Waals surface area contributed by atoms with E-state index in [-0.39, 0.29) is 11.3 Å². The summed E-state index contributed by atoms with van der Waals surface area (Å²) < 4.78 is 0.972. The fraction of sp³-hybridized carbons (Fsp3) is 0.462. The maximum absolute atomic E-state index is 11.9. The normalized spacial score (nSPS) is 13.3. The van der Waals surface area contributed by atoms with Gasteiger partial charge in [-0.1, -0.05) is 42.8 Å². The van der Waals surface area contributed by atoms with Gasteiger partial charge in [-0.3, -0.25) is 4.79 Å². The summed E-state index contributed by atoms with van der Waals surface area (Å²) in [4.78, 5) is 11.9. The van der Waals surface area contributed by atoms with E-state index in [9.17, 15) is 4.79 Å². The Balaban J connectivity index is 2.78. The molecule has 0 bridgehead atoms. The predicted molar refractivity (Wildman–Crippen MR) is 74.9 cm³/mol. The van der Waals surface area contributed by atoms with Crippen LogP contribution in [-0.4, -0.2) is 11.9 Å². The average molecular weight is 299 g/mol. The number of nitrogens with one attached hydrogen (secondary N) is 1. The van der Waals surface area contributed by atoms with Crippen LogP contribution in [0.15, 0.2) is 22.7 Å². The highest BCUT2D eigenvalue weighted by Gasteiger charge is 2.27. The van der Waals surface area contributed by atoms with Gasteiger partial charge in [0.25, 0.3) is 0 Å². The van der Waals surface area contributed by atoms with Gasteiger partial charge >= 0.3 is 0 Å². The van der Waals surface area contributed by atoms with E-state index in [1.807, 2.05) is 45.9 Å². The summed E-state index contributed by atoms with van der Waals surface area (Å²) >= 11 is 3.43. The number of nitrogens with two attached hydrogens (primary N) is 1. The second-order valence-corrected chi connectivity index (χ2v) is 6.15. The van der Waals surface area contributed by atoms with Gasteiger partial charge in [-0.25, -0.2) is 0 Å². The van der Waals surface area contributed by atoms with Crippen molar-refractivity contribution in [3.63, 3.8) is 0 Å². The van der Waals surface area contributed by atoms with Crippen molar-refractivity contribution in [2.24, 2.45) is 11.1 Å². The first-order valence-corrected chi connectivity index (χ1v) is 6.33. The van der Waals surface area contributed by atoms with Gasteiger partial charge in [0.1, 0.15) is 0 Å². The predicted octanol–water partition coefficient (Wildman–Crippen LogP) is 3.07. The molecule has 0 aliphatic carbocycles. The molecule has 3 N–H and O–H groups in total. The molecule has 1 unspecified atom stereocenters. The van der Waals surface area contributed by atoms with E-state index in [4.69, 9.17) is 5.73 Å². The van der Waals surface area contributed by atoms with Crippen LogP contribution in [0.2, 0.25) is 0 Å². The molecule has 1 aromatic carbocycles. The topological polar surface area (TPSA) is 55.1 Å². The zero-order valence-corrected chi connectivity index (χ0v) is 12.3. The standard InChI is InChI=1S/C13H19BrN2O/c1-8-5-6-9(7-10(8)14)16-12(17)11(15)13(2,3)4/h5-7,11H,15H2,1-4H3,(H,16,17). The molecular formula is C13H19BrN2O. The third-order valence-corrected chi connectivity index (χ3v) is 3.51. The number of hydrogen-bond acceptors (Lipinski definition) is 2. The number of amides is 1. The van der Waals surface area contributed by atoms with Gasteiger partial charge in [0, 0.05) is 10.2 Å². The summed E-state index contributed by atoms with van der Waals surface area (Å²) in [6, 6.07) is 5.17. The van der Waals surface area contributed by atoms with E-state index in [0.717, 1.165) is 15.7 Å². The Hall–Kier alpha value is -0.870. The minimum atomic E-state index is -0.525. The fourth-order valence-corrected chi connectivity index (χ4v) is 1.66. The van der Waals surface area contributed by atoms with Gasteiger partial charge in [0.15, 0.2) is 0 Å². The number of aryl methyl sites for hydroxylation is 1. The summed E-state index contributed by atoms with van der Waals surface area (Å²) in [5.74, 6) is -0.159. The summed E-state index contributed by atoms with van der Waals surface area (Å²) in [7, 11) is 0. The Morgan fingerprint density at radius 3 is 2.47 bits per heavy atom. The smallest absolute Gasteiger partial charge is 0.241 e. The molecule has 0 saturated heterocycles. The largest absolute Gasteiger partial charge is 0.325 e. The van der Waals surface area contributed by atoms with Crippen LogP contribution in [-0.2, 0) is 4.79 Å². The van der Waals surface area contributed by atoms with Crippen LogP contribution in [0.25, 0.3) is 0 Å². The lowest BCUT2D eigenvalue weighted by atomic mass is 9.87. The molecule has 0 spiro atoms. The van der Waals surface area contributed by atoms with E-state index in [1.165, 1.54) is 0 Å². The molecule has 94 valence electrons. The van der Waals surface area contributed by atoms with E-state index in [1.54, 1.807) is 0 Å². The molecule has 0 aliphatic rings. The summed E-state index contributed by atoms with van der Waals surface area (Å²) in [5, 5.41) is 2.82. The molecule has 3 nitrogen and oxygen atoms in total. The lowest BCUT2D eigenvalue weighted by Gasteiger charge is -2.25. The van der Waals surface area contributed by atoms with Crippen LogP contribution in [0.4, 0.5) is 5.69 Å². The highest BCUT2D eigenvalue weighted by Crippen LogP contribution is 2.22. The van der Waals surface area contributed by atoms with Gasteiger partial charge in [-0.2, -0.15) is 0 Å². The van der Waals surface area contributed by atoms with Crippen LogP contribution in [0, 0.1) is 12.3 Å². The van der Waals surface area contributed by atoms with Crippen LogP contribution < -0.4 is 11.1 Å². The molecule has 1 atom stereocenters. The molecule has 0 heterocycles. The van der Waals surface area contributed by atoms with Crippen molar-refractivity contribution in [1.29, 1.82) is 0 Å². The fourth-order valence-electron chi connectivity index (χ4n) is 1.28. The summed E-state index contributed by atoms with van der Waals surface area (Å²) in [6.07, 6.45) is 0. The first-order chi connectivity index (χ1) is 7.71. The third kappa shape index (κ3) is 3.82. The average Bonchev–Trinajstić information content (AvgIpc) is 2.21. The van der Waals surface area contributed by atoms with Gasteiger partial charge in [-0.05, 0) is 30.0 Å². The van der Waals surface area contributed by atoms with Crippen molar-refractivity contribution in [2.75, 3.05) is 5.32 Å². The molecular weight excluding hydrogens is 280 g/mol. The number of carbonyl (C=O) groups excluding carboxylic acids is 1. The number of hydrogen-bond donors (Lipinski definition) is 2. The highest BCUT2D eigenvalue weighted by atomic mass is 79.9. The molecule has 0 aliphatic heterocycles. The number of carbonyl (C=O) groups is 1. The molecule has 1 amide bonds. The number of benzene rings is 1. The highest BCUT2D eigenvalue weighted by molar-refractivity contribution is 9.10. The minimum Gasteiger partial charge on any atom is -0.325 e. The lowest BCUT2D eigenvalue weighted by molar-refractivity contribution is -0.119. The Morgan fingerprint density at radius 1 is 1.41 bits per heavy atom. The van der Waals surface area contributed by atoms with E-state index in [2.05, 4.69) is 21.2 Å². The van der Waals surface area contributed by atoms with E-state index < -0.39 is 6.04 Å². The Morgan fingerprint density at radius 2 is 2.00 bits per heavy atom. The maximum atomic E-state index is 11.9. The van der Waals surface area contributed by atoms with Gasteiger partial charge < -0.3 is 11.1 Å². The molecule has 0 saturated carbocycles. The van der Waals surface area contributed by atoms with Crippen molar-refractivity contribution in [1.82, 2.24) is 0 Å². The lowest BCUT2D eigenvalue weighted by Crippen LogP contribution is -2.45. The van der Waals surface area contributed by atoms with Crippen molar-refractivity contribution >= 4 is 27.5 Å². The molecule has 0 aromatic heterocycles. The first kappa shape index (κ1) is 14.2. The van der Waals surface area contributed by atoms with Gasteiger partial charge in [-0.15, -0.1) is 0 Å². The second kappa shape index (κ2) is 5.19. The number of rotatable bonds is 2. The Bertz CT molecular complexity index is 424. The summed E-state index contributed by atoms with van der Waals surface area (Å²) in [6.45, 7) is 7.84. The van der Waals surface area contributed by atoms with Gasteiger partial charge in [0.2, 0.25) is 5.91 Å². The molecule has 0 radical (unpaired) electrons. The van der Waals surface area contributed by atoms with Crippen molar-refractivity contribution in [3.05, 3.63) is 28.2 Å². The second-order valence-electron chi connectivity index (χ2n) is 5.30. The molecule has 4 heteroatoms. The van der Waals surface area contributed by atoms with Gasteiger partial charge in [0.05, 0.1) is 6.04 Å². The number of anilines is 1. The van der Waals surface area contributed by atoms with Crippen molar-refractivity contribution in [2.45, 2.75) is 33.7 Å². The quantitative estimate of drug-likeness (QED) is 0.881. The molecule has 1 rings (SSSR count). The number of halogens is 1. The molecule has 17 heavy (non-hydrogen) atoms. The monoisotopic (exact) mass is 298 g/mol. The van der Waals surface area contributed by atoms with Crippen LogP contribution in [0.5, 0.6) is 0 Å². The van der Waals surface area contributed by atoms with Crippen LogP contribution in [0.1, 0.15) is 26.3 Å². The SMILES string of the molecule is Cc1ccc(NC(=O)C(N)C(C)(C)C)cc1Br. The zero-order chi connectivity index (χ0) is 13.2. The third-order valence-electron chi connectivity index (χ3n) is 2.65. The Labute approximate surface area is 111 Å². The minimum absolute atomic E-state index is 0.159. The molecule has 0 fully saturated rings. The van der Waals surface area contributed by atoms with Crippen LogP contribution in [0.3, 0.4) is 0 Å². The zero-order valence-electron chi connectivity index (χ0n) is 10.7. The van der Waals surface area contributed by atoms with Crippen molar-refractivity contribution < 1.29 is 4.79 Å². The first-order valence-electron chi connectivity index (χ1n) is 5.54. The summed E-state index contributed by atoms with van der Waals surface area (Å²) in [5.41, 5.74) is 7.53. The van der Waals surface area contributed by atoms with Crippen molar-refractivity contribution in [3.8, 4) is 0 Å². The molecule has 1 aromatic rings. The Kier molecular flexibility index (Phi) is 4.33.